The molecule has 0 unspecified atom stereocenters. The molecule has 15 heavy (non-hydrogen) atoms. The molecule has 0 saturated heterocycles. The van der Waals surface area contributed by atoms with E-state index < -0.39 is 0 Å². The van der Waals surface area contributed by atoms with Crippen LogP contribution in [0.15, 0.2) is 23.2 Å². The number of aliphatic imine (C=N–C) groups is 1. The Balaban J connectivity index is 2.67. The number of nitrogens with zero attached hydrogens (tertiary/aromatic N) is 1. The quantitative estimate of drug-likeness (QED) is 0.597. The number of hydrogen-bond acceptors (Lipinski definition) is 1. The largest absolute Gasteiger partial charge is 0.259 e. The zero-order valence-electron chi connectivity index (χ0n) is 9.83. The highest BCUT2D eigenvalue weighted by atomic mass is 14.7. The monoisotopic (exact) mass is 199 g/mol. The minimum atomic E-state index is 0.0535. The molecule has 1 nitrogen and oxygen atoms in total. The summed E-state index contributed by atoms with van der Waals surface area (Å²) in [6.45, 7) is 8.59. The molecule has 0 fully saturated rings. The van der Waals surface area contributed by atoms with E-state index in [9.17, 15) is 0 Å². The Kier molecular flexibility index (Phi) is 2.26. The van der Waals surface area contributed by atoms with Crippen LogP contribution in [0.2, 0.25) is 0 Å². The van der Waals surface area contributed by atoms with E-state index in [-0.39, 0.29) is 5.41 Å². The van der Waals surface area contributed by atoms with E-state index in [1.807, 2.05) is 6.21 Å². The predicted molar refractivity (Wildman–Crippen MR) is 66.9 cm³/mol. The molecule has 1 aromatic rings. The van der Waals surface area contributed by atoms with Crippen molar-refractivity contribution in [3.8, 4) is 0 Å². The maximum atomic E-state index is 4.61. The summed E-state index contributed by atoms with van der Waals surface area (Å²) in [7, 11) is 0. The van der Waals surface area contributed by atoms with Crippen LogP contribution >= 0.6 is 0 Å². The van der Waals surface area contributed by atoms with Crippen LogP contribution in [0.1, 0.15) is 30.5 Å². The van der Waals surface area contributed by atoms with Crippen molar-refractivity contribution in [2.45, 2.75) is 27.7 Å². The molecule has 1 aliphatic heterocycles. The molecular formula is C14H17N. The van der Waals surface area contributed by atoms with Gasteiger partial charge in [-0.25, -0.2) is 0 Å². The molecule has 0 bridgehead atoms. The maximum Gasteiger partial charge on any atom is 0.0730 e. The highest BCUT2D eigenvalue weighted by Crippen LogP contribution is 2.32. The van der Waals surface area contributed by atoms with E-state index in [1.165, 1.54) is 16.7 Å². The molecule has 0 saturated carbocycles. The zero-order chi connectivity index (χ0) is 11.1. The van der Waals surface area contributed by atoms with E-state index in [0.29, 0.717) is 0 Å². The summed E-state index contributed by atoms with van der Waals surface area (Å²) in [4.78, 5) is 4.61. The first-order valence-corrected chi connectivity index (χ1v) is 5.34. The van der Waals surface area contributed by atoms with Crippen molar-refractivity contribution >= 4 is 18.0 Å². The van der Waals surface area contributed by atoms with Crippen LogP contribution in [-0.4, -0.2) is 6.21 Å². The molecule has 0 aromatic heterocycles. The Morgan fingerprint density at radius 3 is 2.47 bits per heavy atom. The lowest BCUT2D eigenvalue weighted by Crippen LogP contribution is -2.07. The van der Waals surface area contributed by atoms with E-state index in [1.54, 1.807) is 0 Å². The molecule has 0 amide bonds. The van der Waals surface area contributed by atoms with Crippen LogP contribution in [0.3, 0.4) is 0 Å². The predicted octanol–water partition coefficient (Wildman–Crippen LogP) is 4.06. The summed E-state index contributed by atoms with van der Waals surface area (Å²) < 4.78 is 0. The van der Waals surface area contributed by atoms with E-state index >= 15 is 0 Å². The molecule has 1 aromatic carbocycles. The molecule has 0 N–H and O–H groups in total. The van der Waals surface area contributed by atoms with Crippen LogP contribution in [0.5, 0.6) is 0 Å². The van der Waals surface area contributed by atoms with Crippen LogP contribution in [0.4, 0.5) is 5.69 Å². The normalized spacial score (nSPS) is 17.3. The van der Waals surface area contributed by atoms with Gasteiger partial charge in [0.25, 0.3) is 0 Å². The third-order valence-corrected chi connectivity index (χ3v) is 2.84. The fourth-order valence-corrected chi connectivity index (χ4v) is 1.77. The van der Waals surface area contributed by atoms with Crippen molar-refractivity contribution in [3.05, 3.63) is 34.9 Å². The number of fused-ring (bicyclic) bond motifs is 1. The third kappa shape index (κ3) is 1.87. The van der Waals surface area contributed by atoms with Gasteiger partial charge in [-0.15, -0.1) is 0 Å². The van der Waals surface area contributed by atoms with Gasteiger partial charge in [0.1, 0.15) is 0 Å². The van der Waals surface area contributed by atoms with Gasteiger partial charge < -0.3 is 0 Å². The topological polar surface area (TPSA) is 12.4 Å². The fourth-order valence-electron chi connectivity index (χ4n) is 1.77. The Labute approximate surface area is 91.6 Å². The minimum absolute atomic E-state index is 0.0535. The van der Waals surface area contributed by atoms with Crippen molar-refractivity contribution in [1.29, 1.82) is 0 Å². The van der Waals surface area contributed by atoms with Crippen molar-refractivity contribution in [2.24, 2.45) is 10.4 Å². The van der Waals surface area contributed by atoms with E-state index in [2.05, 4.69) is 57.0 Å². The summed E-state index contributed by atoms with van der Waals surface area (Å²) in [6, 6.07) is 4.30. The van der Waals surface area contributed by atoms with Gasteiger partial charge in [0.05, 0.1) is 5.69 Å². The van der Waals surface area contributed by atoms with Gasteiger partial charge in [-0.05, 0) is 25.0 Å². The van der Waals surface area contributed by atoms with Gasteiger partial charge in [-0.2, -0.15) is 0 Å². The van der Waals surface area contributed by atoms with Gasteiger partial charge in [-0.3, -0.25) is 4.99 Å². The zero-order valence-corrected chi connectivity index (χ0v) is 9.83. The van der Waals surface area contributed by atoms with Gasteiger partial charge in [0.15, 0.2) is 0 Å². The Morgan fingerprint density at radius 2 is 1.73 bits per heavy atom. The molecule has 1 heterocycles. The lowest BCUT2D eigenvalue weighted by atomic mass is 9.94. The summed E-state index contributed by atoms with van der Waals surface area (Å²) in [5.41, 5.74) is 4.97. The fraction of sp³-hybridized carbons (Fsp3) is 0.357. The standard InChI is InChI=1S/C14H17N/c1-10-5-6-11(2)13-12(10)7-8-14(3,4)9-15-13/h5-9H,1-4H3. The third-order valence-electron chi connectivity index (χ3n) is 2.84. The second kappa shape index (κ2) is 3.34. The molecular weight excluding hydrogens is 182 g/mol. The second-order valence-electron chi connectivity index (χ2n) is 4.87. The van der Waals surface area contributed by atoms with Gasteiger partial charge >= 0.3 is 0 Å². The van der Waals surface area contributed by atoms with Crippen molar-refractivity contribution in [1.82, 2.24) is 0 Å². The summed E-state index contributed by atoms with van der Waals surface area (Å²) >= 11 is 0. The van der Waals surface area contributed by atoms with Gasteiger partial charge in [0.2, 0.25) is 0 Å². The Hall–Kier alpha value is -1.37. The lowest BCUT2D eigenvalue weighted by molar-refractivity contribution is 0.699. The number of rotatable bonds is 0. The second-order valence-corrected chi connectivity index (χ2v) is 4.87. The Morgan fingerprint density at radius 1 is 1.07 bits per heavy atom. The molecule has 2 rings (SSSR count). The molecule has 1 heteroatoms. The average molecular weight is 199 g/mol. The van der Waals surface area contributed by atoms with E-state index in [0.717, 1.165) is 5.69 Å². The molecule has 78 valence electrons. The van der Waals surface area contributed by atoms with Crippen LogP contribution < -0.4 is 0 Å². The molecule has 1 aliphatic rings. The number of hydrogen-bond donors (Lipinski definition) is 0. The van der Waals surface area contributed by atoms with Crippen LogP contribution in [0.25, 0.3) is 6.08 Å². The first-order chi connectivity index (χ1) is 6.99. The van der Waals surface area contributed by atoms with Gasteiger partial charge in [0, 0.05) is 17.2 Å². The summed E-state index contributed by atoms with van der Waals surface area (Å²) in [6.07, 6.45) is 6.45. The number of benzene rings is 1. The summed E-state index contributed by atoms with van der Waals surface area (Å²) in [5.74, 6) is 0. The maximum absolute atomic E-state index is 4.61. The molecule has 0 aliphatic carbocycles. The first-order valence-electron chi connectivity index (χ1n) is 5.34. The lowest BCUT2D eigenvalue weighted by Gasteiger charge is -2.10. The van der Waals surface area contributed by atoms with Crippen LogP contribution in [-0.2, 0) is 0 Å². The van der Waals surface area contributed by atoms with Gasteiger partial charge in [-0.1, -0.05) is 38.1 Å². The number of allylic oxidation sites excluding steroid dienone is 1. The smallest absolute Gasteiger partial charge is 0.0730 e. The number of aryl methyl sites for hydroxylation is 2. The highest BCUT2D eigenvalue weighted by molar-refractivity contribution is 5.82. The Bertz CT molecular complexity index is 410. The minimum Gasteiger partial charge on any atom is -0.259 e. The molecule has 0 spiro atoms. The average Bonchev–Trinajstić information content (AvgIpc) is 2.32. The van der Waals surface area contributed by atoms with Crippen molar-refractivity contribution < 1.29 is 0 Å². The SMILES string of the molecule is Cc1ccc(C)c2c1C=CC(C)(C)C=N2. The van der Waals surface area contributed by atoms with Crippen molar-refractivity contribution in [2.75, 3.05) is 0 Å². The van der Waals surface area contributed by atoms with Crippen molar-refractivity contribution in [3.63, 3.8) is 0 Å². The first kappa shape index (κ1) is 10.2. The summed E-state index contributed by atoms with van der Waals surface area (Å²) in [5, 5.41) is 0. The highest BCUT2D eigenvalue weighted by Gasteiger charge is 2.15. The van der Waals surface area contributed by atoms with E-state index in [4.69, 9.17) is 0 Å². The molecule has 0 radical (unpaired) electrons. The molecule has 0 atom stereocenters. The van der Waals surface area contributed by atoms with Crippen LogP contribution in [0, 0.1) is 19.3 Å².